The third-order valence-electron chi connectivity index (χ3n) is 4.48. The number of carbonyl (C=O) groups excluding carboxylic acids is 2. The van der Waals surface area contributed by atoms with Crippen LogP contribution in [0.4, 0.5) is 11.4 Å². The summed E-state index contributed by atoms with van der Waals surface area (Å²) in [6, 6.07) is 12.7. The van der Waals surface area contributed by atoms with Crippen molar-refractivity contribution in [3.8, 4) is 0 Å². The van der Waals surface area contributed by atoms with Crippen LogP contribution in [0.1, 0.15) is 25.8 Å². The van der Waals surface area contributed by atoms with Crippen LogP contribution in [0.25, 0.3) is 0 Å². The van der Waals surface area contributed by atoms with Crippen molar-refractivity contribution in [3.63, 3.8) is 0 Å². The predicted molar refractivity (Wildman–Crippen MR) is 121 cm³/mol. The molecule has 1 heterocycles. The van der Waals surface area contributed by atoms with Crippen molar-refractivity contribution in [1.82, 2.24) is 4.90 Å². The van der Waals surface area contributed by atoms with Crippen molar-refractivity contribution in [2.45, 2.75) is 31.9 Å². The maximum Gasteiger partial charge on any atom is 0.242 e. The average molecular weight is 450 g/mol. The van der Waals surface area contributed by atoms with Crippen LogP contribution in [0.3, 0.4) is 0 Å². The summed E-state index contributed by atoms with van der Waals surface area (Å²) in [6.45, 7) is 4.41. The average Bonchev–Trinajstić information content (AvgIpc) is 2.98. The first-order chi connectivity index (χ1) is 13.9. The second-order valence-electron chi connectivity index (χ2n) is 6.48. The highest BCUT2D eigenvalue weighted by Crippen LogP contribution is 2.34. The largest absolute Gasteiger partial charge is 0.326 e. The van der Waals surface area contributed by atoms with E-state index in [2.05, 4.69) is 17.2 Å². The Morgan fingerprint density at radius 1 is 1.17 bits per heavy atom. The van der Waals surface area contributed by atoms with Crippen LogP contribution >= 0.6 is 35.0 Å². The number of halogens is 2. The maximum atomic E-state index is 12.7. The summed E-state index contributed by atoms with van der Waals surface area (Å²) in [7, 11) is 0. The molecular formula is C21H21Cl2N3O2S. The fourth-order valence-corrected chi connectivity index (χ4v) is 4.56. The fraction of sp³-hybridized carbons (Fsp3) is 0.286. The minimum Gasteiger partial charge on any atom is -0.326 e. The summed E-state index contributed by atoms with van der Waals surface area (Å²) in [5.74, 6) is -0.334. The normalized spacial score (nSPS) is 17.8. The van der Waals surface area contributed by atoms with Crippen LogP contribution in [-0.4, -0.2) is 33.7 Å². The molecule has 0 aromatic heterocycles. The standard InChI is InChI=1S/C21H21Cl2N3O2S/c1-3-13-5-8-15(9-6-13)24-19(27)12-18-20(28)26(4-2)21(29-18)25-17-10-7-14(22)11-16(17)23/h5-11,18H,3-4,12H2,1-2H3,(H,24,27). The maximum absolute atomic E-state index is 12.7. The van der Waals surface area contributed by atoms with Crippen molar-refractivity contribution >= 4 is 63.3 Å². The summed E-state index contributed by atoms with van der Waals surface area (Å²) in [5.41, 5.74) is 2.45. The van der Waals surface area contributed by atoms with Gasteiger partial charge >= 0.3 is 0 Å². The zero-order valence-electron chi connectivity index (χ0n) is 16.1. The third kappa shape index (κ3) is 5.32. The lowest BCUT2D eigenvalue weighted by atomic mass is 10.1. The van der Waals surface area contributed by atoms with Crippen molar-refractivity contribution < 1.29 is 9.59 Å². The van der Waals surface area contributed by atoms with E-state index >= 15 is 0 Å². The second-order valence-corrected chi connectivity index (χ2v) is 8.50. The van der Waals surface area contributed by atoms with E-state index < -0.39 is 5.25 Å². The molecule has 2 aromatic rings. The van der Waals surface area contributed by atoms with E-state index in [0.717, 1.165) is 12.1 Å². The van der Waals surface area contributed by atoms with E-state index in [4.69, 9.17) is 23.2 Å². The molecule has 1 fully saturated rings. The number of rotatable bonds is 6. The molecular weight excluding hydrogens is 429 g/mol. The number of nitrogens with one attached hydrogen (secondary N) is 1. The topological polar surface area (TPSA) is 61.8 Å². The molecule has 1 atom stereocenters. The van der Waals surface area contributed by atoms with Crippen LogP contribution < -0.4 is 5.32 Å². The molecule has 0 aliphatic carbocycles. The number of aliphatic imine (C=N–C) groups is 1. The Kier molecular flexibility index (Phi) is 7.22. The van der Waals surface area contributed by atoms with Crippen molar-refractivity contribution in [3.05, 3.63) is 58.1 Å². The van der Waals surface area contributed by atoms with Gasteiger partial charge in [0.1, 0.15) is 5.25 Å². The Hall–Kier alpha value is -2.02. The molecule has 0 spiro atoms. The quantitative estimate of drug-likeness (QED) is 0.629. The summed E-state index contributed by atoms with van der Waals surface area (Å²) in [5, 5.41) is 3.79. The smallest absolute Gasteiger partial charge is 0.242 e. The van der Waals surface area contributed by atoms with Crippen LogP contribution in [-0.2, 0) is 16.0 Å². The first-order valence-electron chi connectivity index (χ1n) is 9.31. The third-order valence-corrected chi connectivity index (χ3v) is 6.19. The van der Waals surface area contributed by atoms with Gasteiger partial charge in [-0.25, -0.2) is 4.99 Å². The molecule has 2 amide bonds. The molecule has 0 bridgehead atoms. The molecule has 1 aliphatic rings. The molecule has 29 heavy (non-hydrogen) atoms. The van der Waals surface area contributed by atoms with Crippen molar-refractivity contribution in [2.24, 2.45) is 4.99 Å². The zero-order valence-corrected chi connectivity index (χ0v) is 18.4. The number of aryl methyl sites for hydroxylation is 1. The Morgan fingerprint density at radius 3 is 2.52 bits per heavy atom. The lowest BCUT2D eigenvalue weighted by Gasteiger charge is -2.13. The monoisotopic (exact) mass is 449 g/mol. The summed E-state index contributed by atoms with van der Waals surface area (Å²) in [6.07, 6.45) is 1.01. The van der Waals surface area contributed by atoms with Gasteiger partial charge in [0.15, 0.2) is 5.17 Å². The zero-order chi connectivity index (χ0) is 21.0. The second kappa shape index (κ2) is 9.65. The van der Waals surface area contributed by atoms with Crippen LogP contribution in [0.15, 0.2) is 47.5 Å². The number of nitrogens with zero attached hydrogens (tertiary/aromatic N) is 2. The minimum absolute atomic E-state index is 0.0723. The number of hydrogen-bond donors (Lipinski definition) is 1. The van der Waals surface area contributed by atoms with Gasteiger partial charge < -0.3 is 5.32 Å². The molecule has 3 rings (SSSR count). The Bertz CT molecular complexity index is 947. The molecule has 0 saturated carbocycles. The number of thioether (sulfide) groups is 1. The van der Waals surface area contributed by atoms with E-state index in [9.17, 15) is 9.59 Å². The molecule has 152 valence electrons. The van der Waals surface area contributed by atoms with Gasteiger partial charge in [0.05, 0.1) is 10.7 Å². The number of anilines is 1. The summed E-state index contributed by atoms with van der Waals surface area (Å²) < 4.78 is 0. The number of benzene rings is 2. The number of amides is 2. The Morgan fingerprint density at radius 2 is 1.90 bits per heavy atom. The predicted octanol–water partition coefficient (Wildman–Crippen LogP) is 5.54. The van der Waals surface area contributed by atoms with Gasteiger partial charge in [-0.2, -0.15) is 0 Å². The first-order valence-corrected chi connectivity index (χ1v) is 10.9. The lowest BCUT2D eigenvalue weighted by molar-refractivity contribution is -0.128. The summed E-state index contributed by atoms with van der Waals surface area (Å²) in [4.78, 5) is 31.3. The highest BCUT2D eigenvalue weighted by molar-refractivity contribution is 8.15. The van der Waals surface area contributed by atoms with Crippen LogP contribution in [0.2, 0.25) is 10.0 Å². The molecule has 1 N–H and O–H groups in total. The molecule has 1 saturated heterocycles. The Balaban J connectivity index is 1.70. The van der Waals surface area contributed by atoms with E-state index in [-0.39, 0.29) is 18.2 Å². The van der Waals surface area contributed by atoms with Gasteiger partial charge in [-0.05, 0) is 49.2 Å². The molecule has 5 nitrogen and oxygen atoms in total. The molecule has 1 aliphatic heterocycles. The number of carbonyl (C=O) groups is 2. The van der Waals surface area contributed by atoms with Gasteiger partial charge in [0.2, 0.25) is 11.8 Å². The fourth-order valence-electron chi connectivity index (χ4n) is 2.90. The van der Waals surface area contributed by atoms with Gasteiger partial charge in [-0.3, -0.25) is 14.5 Å². The SMILES string of the molecule is CCc1ccc(NC(=O)CC2SC(=Nc3ccc(Cl)cc3Cl)N(CC)C2=O)cc1. The van der Waals surface area contributed by atoms with Gasteiger partial charge in [0, 0.05) is 23.7 Å². The summed E-state index contributed by atoms with van der Waals surface area (Å²) >= 11 is 13.4. The lowest BCUT2D eigenvalue weighted by Crippen LogP contribution is -2.33. The van der Waals surface area contributed by atoms with Crippen molar-refractivity contribution in [1.29, 1.82) is 0 Å². The number of amidine groups is 1. The highest BCUT2D eigenvalue weighted by Gasteiger charge is 2.38. The molecule has 0 radical (unpaired) electrons. The van der Waals surface area contributed by atoms with Crippen LogP contribution in [0.5, 0.6) is 0 Å². The van der Waals surface area contributed by atoms with E-state index in [1.54, 1.807) is 23.1 Å². The van der Waals surface area contributed by atoms with Gasteiger partial charge in [-0.1, -0.05) is 54.0 Å². The molecule has 1 unspecified atom stereocenters. The molecule has 2 aromatic carbocycles. The van der Waals surface area contributed by atoms with Gasteiger partial charge in [-0.15, -0.1) is 0 Å². The van der Waals surface area contributed by atoms with E-state index in [1.807, 2.05) is 31.2 Å². The van der Waals surface area contributed by atoms with E-state index in [0.29, 0.717) is 27.4 Å². The molecule has 8 heteroatoms. The number of hydrogen-bond acceptors (Lipinski definition) is 4. The van der Waals surface area contributed by atoms with Crippen molar-refractivity contribution in [2.75, 3.05) is 11.9 Å². The highest BCUT2D eigenvalue weighted by atomic mass is 35.5. The van der Waals surface area contributed by atoms with Crippen LogP contribution in [0, 0.1) is 0 Å². The van der Waals surface area contributed by atoms with Gasteiger partial charge in [0.25, 0.3) is 0 Å². The first kappa shape index (κ1) is 21.7. The minimum atomic E-state index is -0.519. The van der Waals surface area contributed by atoms with E-state index in [1.165, 1.54) is 17.3 Å². The Labute approximate surface area is 184 Å².